The Morgan fingerprint density at radius 3 is 1.60 bits per heavy atom. The maximum atomic E-state index is 13.8. The minimum absolute atomic E-state index is 0.0507. The van der Waals surface area contributed by atoms with Gasteiger partial charge >= 0.3 is 25.9 Å². The summed E-state index contributed by atoms with van der Waals surface area (Å²) in [5.41, 5.74) is -3.42. The summed E-state index contributed by atoms with van der Waals surface area (Å²) in [6, 6.07) is 10.1. The molecule has 40 heavy (non-hydrogen) atoms. The molecule has 0 bridgehead atoms. The van der Waals surface area contributed by atoms with Crippen LogP contribution in [0.5, 0.6) is 17.2 Å². The highest BCUT2D eigenvalue weighted by molar-refractivity contribution is 6.39. The predicted molar refractivity (Wildman–Crippen MR) is 130 cm³/mol. The second kappa shape index (κ2) is 12.8. The van der Waals surface area contributed by atoms with Gasteiger partial charge in [0.15, 0.2) is 0 Å². The van der Waals surface area contributed by atoms with Crippen molar-refractivity contribution in [3.8, 4) is 17.2 Å². The molecule has 0 aromatic heterocycles. The van der Waals surface area contributed by atoms with Gasteiger partial charge in [-0.2, -0.15) is 39.5 Å². The number of hydrogen-bond donors (Lipinski definition) is 0. The molecule has 3 aromatic rings. The van der Waals surface area contributed by atoms with Crippen LogP contribution < -0.4 is 14.0 Å². The van der Waals surface area contributed by atoms with Crippen LogP contribution in [0.2, 0.25) is 0 Å². The molecule has 3 nitrogen and oxygen atoms in total. The summed E-state index contributed by atoms with van der Waals surface area (Å²) < 4.78 is 137. The quantitative estimate of drug-likeness (QED) is 0.129. The zero-order valence-electron chi connectivity index (χ0n) is 21.1. The molecule has 0 amide bonds. The third kappa shape index (κ3) is 8.75. The third-order valence-electron chi connectivity index (χ3n) is 5.73. The third-order valence-corrected chi connectivity index (χ3v) is 5.73. The molecular formula is C27H24BF9O3. The molecular weight excluding hydrogens is 554 g/mol. The molecule has 0 unspecified atom stereocenters. The van der Waals surface area contributed by atoms with E-state index in [9.17, 15) is 39.5 Å². The molecule has 3 aromatic carbocycles. The monoisotopic (exact) mass is 578 g/mol. The SMILES string of the molecule is CCCCCCc1c(OB(Oc2cccc(C(F)(F)F)c2)Oc2cccc(C(F)(F)F)c2)cccc1C(F)(F)F. The molecule has 0 saturated heterocycles. The fraction of sp³-hybridized carbons (Fsp3) is 0.333. The highest BCUT2D eigenvalue weighted by Gasteiger charge is 2.38. The Hall–Kier alpha value is -3.51. The summed E-state index contributed by atoms with van der Waals surface area (Å²) >= 11 is 0. The van der Waals surface area contributed by atoms with Crippen molar-refractivity contribution < 1.29 is 53.5 Å². The van der Waals surface area contributed by atoms with E-state index >= 15 is 0 Å². The van der Waals surface area contributed by atoms with Crippen LogP contribution in [0.25, 0.3) is 0 Å². The van der Waals surface area contributed by atoms with E-state index in [2.05, 4.69) is 0 Å². The molecule has 216 valence electrons. The summed E-state index contributed by atoms with van der Waals surface area (Å²) in [6.07, 6.45) is -11.7. The summed E-state index contributed by atoms with van der Waals surface area (Å²) in [5.74, 6) is -1.22. The molecule has 0 N–H and O–H groups in total. The summed E-state index contributed by atoms with van der Waals surface area (Å²) in [4.78, 5) is 0. The van der Waals surface area contributed by atoms with Crippen LogP contribution in [0, 0.1) is 0 Å². The van der Waals surface area contributed by atoms with Gasteiger partial charge in [-0.1, -0.05) is 44.4 Å². The molecule has 0 radical (unpaired) electrons. The predicted octanol–water partition coefficient (Wildman–Crippen LogP) is 9.39. The van der Waals surface area contributed by atoms with Crippen molar-refractivity contribution in [1.29, 1.82) is 0 Å². The Bertz CT molecular complexity index is 1200. The topological polar surface area (TPSA) is 27.7 Å². The summed E-state index contributed by atoms with van der Waals surface area (Å²) in [5, 5.41) is 0. The first-order valence-corrected chi connectivity index (χ1v) is 12.2. The molecule has 0 spiro atoms. The number of benzene rings is 3. The number of alkyl halides is 9. The lowest BCUT2D eigenvalue weighted by Crippen LogP contribution is -2.37. The Labute approximate surface area is 225 Å². The van der Waals surface area contributed by atoms with Crippen molar-refractivity contribution in [3.63, 3.8) is 0 Å². The molecule has 0 saturated carbocycles. The number of hydrogen-bond acceptors (Lipinski definition) is 3. The fourth-order valence-corrected chi connectivity index (χ4v) is 3.82. The van der Waals surface area contributed by atoms with E-state index in [-0.39, 0.29) is 17.7 Å². The van der Waals surface area contributed by atoms with Gasteiger partial charge in [-0.3, -0.25) is 0 Å². The molecule has 0 aliphatic carbocycles. The average Bonchev–Trinajstić information content (AvgIpc) is 2.86. The van der Waals surface area contributed by atoms with Crippen LogP contribution in [0.3, 0.4) is 0 Å². The first kappa shape index (κ1) is 31.0. The van der Waals surface area contributed by atoms with E-state index in [0.29, 0.717) is 25.0 Å². The molecule has 3 rings (SSSR count). The van der Waals surface area contributed by atoms with E-state index in [1.165, 1.54) is 6.07 Å². The zero-order valence-corrected chi connectivity index (χ0v) is 21.1. The van der Waals surface area contributed by atoms with Crippen molar-refractivity contribution in [3.05, 3.63) is 89.0 Å². The lowest BCUT2D eigenvalue weighted by molar-refractivity contribution is -0.138. The van der Waals surface area contributed by atoms with Gasteiger partial charge in [-0.25, -0.2) is 0 Å². The van der Waals surface area contributed by atoms with E-state index in [0.717, 1.165) is 61.4 Å². The Morgan fingerprint density at radius 1 is 0.600 bits per heavy atom. The van der Waals surface area contributed by atoms with E-state index in [1.807, 2.05) is 6.92 Å². The number of rotatable bonds is 11. The van der Waals surface area contributed by atoms with Crippen LogP contribution in [-0.2, 0) is 24.9 Å². The summed E-state index contributed by atoms with van der Waals surface area (Å²) in [6.45, 7) is 1.93. The van der Waals surface area contributed by atoms with Gasteiger partial charge in [0, 0.05) is 5.56 Å². The van der Waals surface area contributed by atoms with Crippen molar-refractivity contribution in [2.75, 3.05) is 0 Å². The second-order valence-electron chi connectivity index (χ2n) is 8.78. The minimum atomic E-state index is -4.75. The summed E-state index contributed by atoms with van der Waals surface area (Å²) in [7, 11) is -2.05. The molecule has 0 fully saturated rings. The lowest BCUT2D eigenvalue weighted by atomic mass is 9.98. The minimum Gasteiger partial charge on any atom is -0.490 e. The van der Waals surface area contributed by atoms with Crippen LogP contribution in [-0.4, -0.2) is 7.32 Å². The van der Waals surface area contributed by atoms with Gasteiger partial charge in [0.1, 0.15) is 17.2 Å². The second-order valence-corrected chi connectivity index (χ2v) is 8.78. The Balaban J connectivity index is 2.01. The van der Waals surface area contributed by atoms with Gasteiger partial charge in [-0.15, -0.1) is 0 Å². The number of halogens is 9. The van der Waals surface area contributed by atoms with E-state index < -0.39 is 54.0 Å². The highest BCUT2D eigenvalue weighted by atomic mass is 19.4. The highest BCUT2D eigenvalue weighted by Crippen LogP contribution is 2.38. The van der Waals surface area contributed by atoms with Gasteiger partial charge < -0.3 is 14.0 Å². The first-order valence-electron chi connectivity index (χ1n) is 12.2. The van der Waals surface area contributed by atoms with Crippen LogP contribution in [0.1, 0.15) is 54.9 Å². The maximum absolute atomic E-state index is 13.8. The zero-order chi connectivity index (χ0) is 29.6. The standard InChI is InChI=1S/C27H24BF9O3/c1-2-3-4-5-13-22-23(27(35,36)37)14-8-15-24(22)40-28(38-20-11-6-9-18(16-20)25(29,30)31)39-21-12-7-10-19(17-21)26(32,33)34/h6-12,14-17H,2-5,13H2,1H3. The normalized spacial score (nSPS) is 12.2. The fourth-order valence-electron chi connectivity index (χ4n) is 3.82. The lowest BCUT2D eigenvalue weighted by Gasteiger charge is -2.21. The molecule has 0 atom stereocenters. The largest absolute Gasteiger partial charge is 0.864 e. The van der Waals surface area contributed by atoms with Gasteiger partial charge in [0.25, 0.3) is 0 Å². The smallest absolute Gasteiger partial charge is 0.490 e. The van der Waals surface area contributed by atoms with Gasteiger partial charge in [0.05, 0.1) is 16.7 Å². The van der Waals surface area contributed by atoms with Gasteiger partial charge in [-0.05, 0) is 61.4 Å². The Morgan fingerprint density at radius 2 is 1.12 bits per heavy atom. The number of unbranched alkanes of at least 4 members (excludes halogenated alkanes) is 3. The molecule has 0 aliphatic rings. The maximum Gasteiger partial charge on any atom is 0.864 e. The van der Waals surface area contributed by atoms with E-state index in [1.54, 1.807) is 0 Å². The van der Waals surface area contributed by atoms with Crippen molar-refractivity contribution in [2.24, 2.45) is 0 Å². The average molecular weight is 578 g/mol. The van der Waals surface area contributed by atoms with Crippen LogP contribution in [0.4, 0.5) is 39.5 Å². The van der Waals surface area contributed by atoms with Gasteiger partial charge in [0.2, 0.25) is 0 Å². The Kier molecular flexibility index (Phi) is 9.91. The molecule has 13 heteroatoms. The van der Waals surface area contributed by atoms with Crippen molar-refractivity contribution in [1.82, 2.24) is 0 Å². The van der Waals surface area contributed by atoms with Crippen LogP contribution >= 0.6 is 0 Å². The first-order chi connectivity index (χ1) is 18.7. The molecule has 0 heterocycles. The van der Waals surface area contributed by atoms with Crippen LogP contribution in [0.15, 0.2) is 66.7 Å². The van der Waals surface area contributed by atoms with Crippen molar-refractivity contribution >= 4 is 7.32 Å². The van der Waals surface area contributed by atoms with E-state index in [4.69, 9.17) is 14.0 Å². The van der Waals surface area contributed by atoms with Crippen molar-refractivity contribution in [2.45, 2.75) is 57.6 Å². The molecule has 0 aliphatic heterocycles.